The summed E-state index contributed by atoms with van der Waals surface area (Å²) in [7, 11) is 0. The van der Waals surface area contributed by atoms with Gasteiger partial charge in [-0.15, -0.1) is 0 Å². The molecule has 2 amide bonds. The Labute approximate surface area is 133 Å². The summed E-state index contributed by atoms with van der Waals surface area (Å²) in [4.78, 5) is 30.3. The Morgan fingerprint density at radius 1 is 1.39 bits per heavy atom. The summed E-state index contributed by atoms with van der Waals surface area (Å²) in [5, 5.41) is 6.54. The van der Waals surface area contributed by atoms with Crippen molar-refractivity contribution in [1.29, 1.82) is 0 Å². The number of para-hydroxylation sites is 1. The number of nitrogens with one attached hydrogen (secondary N) is 1. The maximum Gasteiger partial charge on any atom is 0.248 e. The second kappa shape index (κ2) is 6.20. The number of carbonyl (C=O) groups is 2. The molecule has 0 aliphatic carbocycles. The Morgan fingerprint density at radius 3 is 2.78 bits per heavy atom. The van der Waals surface area contributed by atoms with Gasteiger partial charge in [0.15, 0.2) is 5.82 Å². The summed E-state index contributed by atoms with van der Waals surface area (Å²) in [5.74, 6) is 0.277. The Morgan fingerprint density at radius 2 is 2.13 bits per heavy atom. The fourth-order valence-corrected chi connectivity index (χ4v) is 2.62. The van der Waals surface area contributed by atoms with E-state index in [1.165, 1.54) is 0 Å². The van der Waals surface area contributed by atoms with Crippen LogP contribution in [0.3, 0.4) is 0 Å². The Hall–Kier alpha value is -2.70. The molecular weight excluding hydrogens is 296 g/mol. The number of aryl methyl sites for hydroxylation is 1. The zero-order chi connectivity index (χ0) is 16.4. The van der Waals surface area contributed by atoms with Gasteiger partial charge in [0, 0.05) is 18.7 Å². The molecule has 120 valence electrons. The molecule has 7 heteroatoms. The molecule has 0 unspecified atom stereocenters. The molecule has 1 aliphatic rings. The van der Waals surface area contributed by atoms with E-state index in [9.17, 15) is 9.59 Å². The average molecular weight is 314 g/mol. The molecule has 1 aromatic carbocycles. The first-order valence-corrected chi connectivity index (χ1v) is 7.50. The minimum absolute atomic E-state index is 0.0439. The topological polar surface area (TPSA) is 88.3 Å². The van der Waals surface area contributed by atoms with Crippen LogP contribution in [0.25, 0.3) is 0 Å². The molecule has 0 bridgehead atoms. The van der Waals surface area contributed by atoms with E-state index in [0.717, 1.165) is 5.69 Å². The van der Waals surface area contributed by atoms with Crippen LogP contribution in [0.5, 0.6) is 0 Å². The van der Waals surface area contributed by atoms with Crippen LogP contribution in [0, 0.1) is 12.8 Å². The van der Waals surface area contributed by atoms with Crippen LogP contribution >= 0.6 is 0 Å². The summed E-state index contributed by atoms with van der Waals surface area (Å²) in [6.07, 6.45) is 0.205. The van der Waals surface area contributed by atoms with E-state index in [0.29, 0.717) is 18.3 Å². The summed E-state index contributed by atoms with van der Waals surface area (Å²) >= 11 is 0. The fraction of sp³-hybridized carbons (Fsp3) is 0.375. The van der Waals surface area contributed by atoms with Gasteiger partial charge < -0.3 is 14.7 Å². The number of nitrogens with zero attached hydrogens (tertiary/aromatic N) is 3. The lowest BCUT2D eigenvalue weighted by Gasteiger charge is -2.17. The predicted octanol–water partition coefficient (Wildman–Crippen LogP) is 1.61. The average Bonchev–Trinajstić information content (AvgIpc) is 3.14. The van der Waals surface area contributed by atoms with Crippen molar-refractivity contribution in [3.05, 3.63) is 42.0 Å². The van der Waals surface area contributed by atoms with E-state index in [1.54, 1.807) is 18.7 Å². The van der Waals surface area contributed by atoms with Crippen molar-refractivity contribution in [2.75, 3.05) is 11.4 Å². The summed E-state index contributed by atoms with van der Waals surface area (Å²) in [6, 6.07) is 8.97. The van der Waals surface area contributed by atoms with Crippen molar-refractivity contribution in [3.8, 4) is 0 Å². The zero-order valence-electron chi connectivity index (χ0n) is 13.0. The SMILES string of the molecule is Cc1noc([C@@H](C)NC(=O)[C@@H]2CC(=O)N(c3ccccc3)C2)n1. The summed E-state index contributed by atoms with van der Waals surface area (Å²) in [5.41, 5.74) is 0.813. The second-order valence-corrected chi connectivity index (χ2v) is 5.65. The predicted molar refractivity (Wildman–Crippen MR) is 82.5 cm³/mol. The van der Waals surface area contributed by atoms with Crippen molar-refractivity contribution in [3.63, 3.8) is 0 Å². The summed E-state index contributed by atoms with van der Waals surface area (Å²) in [6.45, 7) is 3.87. The Balaban J connectivity index is 1.64. The highest BCUT2D eigenvalue weighted by Crippen LogP contribution is 2.25. The normalized spacial score (nSPS) is 19.0. The smallest absolute Gasteiger partial charge is 0.248 e. The largest absolute Gasteiger partial charge is 0.344 e. The van der Waals surface area contributed by atoms with Crippen molar-refractivity contribution in [1.82, 2.24) is 15.5 Å². The molecule has 1 saturated heterocycles. The third kappa shape index (κ3) is 3.23. The van der Waals surface area contributed by atoms with Crippen LogP contribution in [0.2, 0.25) is 0 Å². The number of benzene rings is 1. The van der Waals surface area contributed by atoms with Gasteiger partial charge in [0.05, 0.1) is 5.92 Å². The lowest BCUT2D eigenvalue weighted by Crippen LogP contribution is -2.34. The van der Waals surface area contributed by atoms with E-state index in [1.807, 2.05) is 30.3 Å². The monoisotopic (exact) mass is 314 g/mol. The van der Waals surface area contributed by atoms with Crippen LogP contribution in [-0.2, 0) is 9.59 Å². The van der Waals surface area contributed by atoms with E-state index < -0.39 is 0 Å². The number of hydrogen-bond acceptors (Lipinski definition) is 5. The maximum atomic E-state index is 12.4. The molecule has 3 rings (SSSR count). The highest BCUT2D eigenvalue weighted by molar-refractivity contribution is 6.00. The molecule has 1 N–H and O–H groups in total. The third-order valence-electron chi connectivity index (χ3n) is 3.84. The van der Waals surface area contributed by atoms with Gasteiger partial charge >= 0.3 is 0 Å². The van der Waals surface area contributed by atoms with Gasteiger partial charge in [-0.05, 0) is 26.0 Å². The molecule has 2 atom stereocenters. The minimum Gasteiger partial charge on any atom is -0.344 e. The van der Waals surface area contributed by atoms with E-state index in [2.05, 4.69) is 15.5 Å². The highest BCUT2D eigenvalue weighted by atomic mass is 16.5. The zero-order valence-corrected chi connectivity index (χ0v) is 13.0. The second-order valence-electron chi connectivity index (χ2n) is 5.65. The molecular formula is C16H18N4O3. The Kier molecular flexibility index (Phi) is 4.10. The number of rotatable bonds is 4. The third-order valence-corrected chi connectivity index (χ3v) is 3.84. The van der Waals surface area contributed by atoms with Crippen molar-refractivity contribution < 1.29 is 14.1 Å². The van der Waals surface area contributed by atoms with Crippen molar-refractivity contribution in [2.45, 2.75) is 26.3 Å². The van der Waals surface area contributed by atoms with Crippen molar-refractivity contribution in [2.24, 2.45) is 5.92 Å². The number of anilines is 1. The maximum absolute atomic E-state index is 12.4. The van der Waals surface area contributed by atoms with Crippen molar-refractivity contribution >= 4 is 17.5 Å². The van der Waals surface area contributed by atoms with Gasteiger partial charge in [-0.25, -0.2) is 0 Å². The van der Waals surface area contributed by atoms with Gasteiger partial charge in [0.2, 0.25) is 17.7 Å². The lowest BCUT2D eigenvalue weighted by molar-refractivity contribution is -0.127. The van der Waals surface area contributed by atoms with Crippen LogP contribution in [0.4, 0.5) is 5.69 Å². The minimum atomic E-state index is -0.385. The van der Waals surface area contributed by atoms with E-state index in [-0.39, 0.29) is 30.2 Å². The molecule has 7 nitrogen and oxygen atoms in total. The van der Waals surface area contributed by atoms with E-state index >= 15 is 0 Å². The number of amides is 2. The summed E-state index contributed by atoms with van der Waals surface area (Å²) < 4.78 is 5.05. The number of aromatic nitrogens is 2. The highest BCUT2D eigenvalue weighted by Gasteiger charge is 2.35. The number of hydrogen-bond donors (Lipinski definition) is 1. The Bertz CT molecular complexity index is 713. The first-order chi connectivity index (χ1) is 11.0. The first-order valence-electron chi connectivity index (χ1n) is 7.50. The van der Waals surface area contributed by atoms with E-state index in [4.69, 9.17) is 4.52 Å². The fourth-order valence-electron chi connectivity index (χ4n) is 2.62. The molecule has 1 aliphatic heterocycles. The number of carbonyl (C=O) groups excluding carboxylic acids is 2. The molecule has 0 spiro atoms. The van der Waals surface area contributed by atoms with Gasteiger partial charge in [0.1, 0.15) is 6.04 Å². The standard InChI is InChI=1S/C16H18N4O3/c1-10(16-18-11(2)19-23-16)17-15(22)12-8-14(21)20(9-12)13-6-4-3-5-7-13/h3-7,10,12H,8-9H2,1-2H3,(H,17,22)/t10-,12-/m1/s1. The quantitative estimate of drug-likeness (QED) is 0.926. The molecule has 2 aromatic rings. The molecule has 0 radical (unpaired) electrons. The van der Waals surface area contributed by atoms with Crippen LogP contribution in [0.1, 0.15) is 31.1 Å². The molecule has 23 heavy (non-hydrogen) atoms. The van der Waals surface area contributed by atoms with Crippen LogP contribution in [-0.4, -0.2) is 28.5 Å². The van der Waals surface area contributed by atoms with Gasteiger partial charge in [-0.1, -0.05) is 23.4 Å². The first kappa shape index (κ1) is 15.2. The molecule has 0 saturated carbocycles. The van der Waals surface area contributed by atoms with Crippen LogP contribution in [0.15, 0.2) is 34.9 Å². The van der Waals surface area contributed by atoms with Gasteiger partial charge in [0.25, 0.3) is 0 Å². The molecule has 2 heterocycles. The molecule has 1 fully saturated rings. The lowest BCUT2D eigenvalue weighted by atomic mass is 10.1. The van der Waals surface area contributed by atoms with Gasteiger partial charge in [-0.2, -0.15) is 4.98 Å². The molecule has 1 aromatic heterocycles. The van der Waals surface area contributed by atoms with Crippen LogP contribution < -0.4 is 10.2 Å². The van der Waals surface area contributed by atoms with Gasteiger partial charge in [-0.3, -0.25) is 9.59 Å².